The zero-order valence-electron chi connectivity index (χ0n) is 14.6. The Hall–Kier alpha value is -2.10. The highest BCUT2D eigenvalue weighted by Crippen LogP contribution is 2.59. The Kier molecular flexibility index (Phi) is 3.78. The summed E-state index contributed by atoms with van der Waals surface area (Å²) in [6.45, 7) is 11.4. The topological polar surface area (TPSA) is 46.9 Å². The Bertz CT molecular complexity index is 781. The largest absolute Gasteiger partial charge is 0.326 e. The van der Waals surface area contributed by atoms with Crippen LogP contribution in [-0.2, 0) is 11.3 Å². The van der Waals surface area contributed by atoms with E-state index in [1.807, 2.05) is 29.1 Å². The van der Waals surface area contributed by atoms with E-state index in [2.05, 4.69) is 51.1 Å². The van der Waals surface area contributed by atoms with Crippen molar-refractivity contribution >= 4 is 22.5 Å². The van der Waals surface area contributed by atoms with Crippen LogP contribution >= 0.6 is 0 Å². The second-order valence-electron chi connectivity index (χ2n) is 7.29. The number of aryl methyl sites for hydroxylation is 1. The average Bonchev–Trinajstić information content (AvgIpc) is 2.82. The van der Waals surface area contributed by atoms with Crippen LogP contribution in [0.15, 0.2) is 36.0 Å². The molecule has 0 unspecified atom stereocenters. The number of rotatable bonds is 4. The third kappa shape index (κ3) is 2.78. The molecule has 0 aliphatic heterocycles. The fourth-order valence-corrected chi connectivity index (χ4v) is 3.47. The first kappa shape index (κ1) is 15.8. The number of carbonyl (C=O) groups is 1. The zero-order chi connectivity index (χ0) is 16.8. The van der Waals surface area contributed by atoms with Gasteiger partial charge in [0, 0.05) is 17.6 Å². The monoisotopic (exact) mass is 311 g/mol. The van der Waals surface area contributed by atoms with Crippen LogP contribution in [0.5, 0.6) is 0 Å². The number of nitrogens with zero attached hydrogens (tertiary/aromatic N) is 2. The van der Waals surface area contributed by atoms with Crippen molar-refractivity contribution in [3.8, 4) is 0 Å². The summed E-state index contributed by atoms with van der Waals surface area (Å²) in [5.41, 5.74) is 3.21. The number of benzene rings is 1. The summed E-state index contributed by atoms with van der Waals surface area (Å²) in [7, 11) is 0. The van der Waals surface area contributed by atoms with E-state index < -0.39 is 0 Å². The third-order valence-corrected chi connectivity index (χ3v) is 4.92. The van der Waals surface area contributed by atoms with E-state index in [-0.39, 0.29) is 17.2 Å². The lowest BCUT2D eigenvalue weighted by Gasteiger charge is -2.07. The maximum Gasteiger partial charge on any atom is 0.228 e. The third-order valence-electron chi connectivity index (χ3n) is 4.92. The van der Waals surface area contributed by atoms with Crippen molar-refractivity contribution in [2.45, 2.75) is 41.2 Å². The molecule has 122 valence electrons. The Balaban J connectivity index is 1.80. The minimum Gasteiger partial charge on any atom is -0.326 e. The van der Waals surface area contributed by atoms with E-state index in [4.69, 9.17) is 0 Å². The Morgan fingerprint density at radius 1 is 1.39 bits per heavy atom. The van der Waals surface area contributed by atoms with Crippen LogP contribution in [0.1, 0.15) is 34.6 Å². The van der Waals surface area contributed by atoms with Gasteiger partial charge < -0.3 is 5.32 Å². The van der Waals surface area contributed by atoms with Gasteiger partial charge in [0.05, 0.1) is 17.6 Å². The van der Waals surface area contributed by atoms with E-state index in [1.165, 1.54) is 5.57 Å². The molecule has 1 N–H and O–H groups in total. The Morgan fingerprint density at radius 3 is 2.78 bits per heavy atom. The minimum atomic E-state index is 0.0383. The molecule has 1 heterocycles. The maximum atomic E-state index is 12.6. The van der Waals surface area contributed by atoms with Gasteiger partial charge in [-0.25, -0.2) is 0 Å². The Morgan fingerprint density at radius 2 is 2.13 bits per heavy atom. The number of nitrogens with one attached hydrogen (secondary N) is 1. The van der Waals surface area contributed by atoms with Gasteiger partial charge >= 0.3 is 0 Å². The fourth-order valence-electron chi connectivity index (χ4n) is 3.47. The van der Waals surface area contributed by atoms with Crippen molar-refractivity contribution < 1.29 is 4.79 Å². The van der Waals surface area contributed by atoms with Crippen molar-refractivity contribution in [2.75, 3.05) is 5.32 Å². The molecule has 1 aromatic carbocycles. The van der Waals surface area contributed by atoms with Crippen molar-refractivity contribution in [3.05, 3.63) is 36.0 Å². The SMILES string of the molecule is CCn1ncc2ccc(NC(=O)[C@H]3[C@@H](C=C(C)C)C3(C)C)cc21. The average molecular weight is 311 g/mol. The van der Waals surface area contributed by atoms with Crippen LogP contribution in [0.25, 0.3) is 10.9 Å². The molecule has 0 saturated heterocycles. The van der Waals surface area contributed by atoms with Gasteiger partial charge in [-0.15, -0.1) is 0 Å². The minimum absolute atomic E-state index is 0.0383. The van der Waals surface area contributed by atoms with Crippen molar-refractivity contribution in [1.29, 1.82) is 0 Å². The van der Waals surface area contributed by atoms with Crippen molar-refractivity contribution in [1.82, 2.24) is 9.78 Å². The van der Waals surface area contributed by atoms with E-state index in [1.54, 1.807) is 0 Å². The molecule has 0 spiro atoms. The molecular formula is C19H25N3O. The predicted octanol–water partition coefficient (Wildman–Crippen LogP) is 4.23. The van der Waals surface area contributed by atoms with Crippen LogP contribution in [-0.4, -0.2) is 15.7 Å². The Labute approximate surface area is 137 Å². The number of carbonyl (C=O) groups excluding carboxylic acids is 1. The summed E-state index contributed by atoms with van der Waals surface area (Å²) >= 11 is 0. The summed E-state index contributed by atoms with van der Waals surface area (Å²) in [5.74, 6) is 0.487. The molecule has 2 aromatic rings. The molecule has 1 aromatic heterocycles. The van der Waals surface area contributed by atoms with E-state index in [0.717, 1.165) is 23.1 Å². The number of hydrogen-bond acceptors (Lipinski definition) is 2. The summed E-state index contributed by atoms with van der Waals surface area (Å²) in [6, 6.07) is 5.97. The molecule has 0 bridgehead atoms. The lowest BCUT2D eigenvalue weighted by atomic mass is 10.1. The normalized spacial score (nSPS) is 22.0. The first-order chi connectivity index (χ1) is 10.8. The van der Waals surface area contributed by atoms with Gasteiger partial charge in [-0.3, -0.25) is 9.48 Å². The fraction of sp³-hybridized carbons (Fsp3) is 0.474. The molecule has 1 saturated carbocycles. The molecule has 23 heavy (non-hydrogen) atoms. The molecule has 2 atom stereocenters. The second kappa shape index (κ2) is 5.52. The summed E-state index contributed by atoms with van der Waals surface area (Å²) in [4.78, 5) is 12.6. The molecule has 4 nitrogen and oxygen atoms in total. The van der Waals surface area contributed by atoms with Crippen LogP contribution < -0.4 is 5.32 Å². The van der Waals surface area contributed by atoms with Gasteiger partial charge in [0.2, 0.25) is 5.91 Å². The molecule has 3 rings (SSSR count). The molecule has 1 aliphatic rings. The first-order valence-corrected chi connectivity index (χ1v) is 8.26. The second-order valence-corrected chi connectivity index (χ2v) is 7.29. The van der Waals surface area contributed by atoms with Crippen molar-refractivity contribution in [3.63, 3.8) is 0 Å². The lowest BCUT2D eigenvalue weighted by Crippen LogP contribution is -2.16. The molecule has 0 radical (unpaired) electrons. The van der Waals surface area contributed by atoms with E-state index in [9.17, 15) is 4.79 Å². The summed E-state index contributed by atoms with van der Waals surface area (Å²) < 4.78 is 1.94. The maximum absolute atomic E-state index is 12.6. The van der Waals surface area contributed by atoms with Gasteiger partial charge in [0.25, 0.3) is 0 Å². The van der Waals surface area contributed by atoms with Gasteiger partial charge in [-0.05, 0) is 50.3 Å². The first-order valence-electron chi connectivity index (χ1n) is 8.26. The number of hydrogen-bond donors (Lipinski definition) is 1. The number of aromatic nitrogens is 2. The molecule has 1 fully saturated rings. The highest BCUT2D eigenvalue weighted by molar-refractivity contribution is 5.97. The van der Waals surface area contributed by atoms with E-state index >= 15 is 0 Å². The molecule has 1 amide bonds. The van der Waals surface area contributed by atoms with E-state index in [0.29, 0.717) is 5.92 Å². The van der Waals surface area contributed by atoms with Crippen LogP contribution in [0, 0.1) is 17.3 Å². The number of amides is 1. The highest BCUT2D eigenvalue weighted by atomic mass is 16.2. The van der Waals surface area contributed by atoms with Crippen LogP contribution in [0.2, 0.25) is 0 Å². The van der Waals surface area contributed by atoms with Crippen LogP contribution in [0.4, 0.5) is 5.69 Å². The molecular weight excluding hydrogens is 286 g/mol. The highest BCUT2D eigenvalue weighted by Gasteiger charge is 2.60. The van der Waals surface area contributed by atoms with Crippen LogP contribution in [0.3, 0.4) is 0 Å². The van der Waals surface area contributed by atoms with Gasteiger partial charge in [-0.2, -0.15) is 5.10 Å². The number of anilines is 1. The summed E-state index contributed by atoms with van der Waals surface area (Å²) in [6.07, 6.45) is 4.08. The van der Waals surface area contributed by atoms with Crippen molar-refractivity contribution in [2.24, 2.45) is 17.3 Å². The lowest BCUT2D eigenvalue weighted by molar-refractivity contribution is -0.118. The predicted molar refractivity (Wildman–Crippen MR) is 94.2 cm³/mol. The molecule has 4 heteroatoms. The van der Waals surface area contributed by atoms with Gasteiger partial charge in [-0.1, -0.05) is 25.5 Å². The zero-order valence-corrected chi connectivity index (χ0v) is 14.6. The number of fused-ring (bicyclic) bond motifs is 1. The standard InChI is InChI=1S/C19H25N3O/c1-6-22-16-10-14(8-7-13(16)11-20-22)21-18(23)17-15(9-12(2)3)19(17,4)5/h7-11,15,17H,6H2,1-5H3,(H,21,23)/t15-,17-/m1/s1. The van der Waals surface area contributed by atoms with Gasteiger partial charge in [0.15, 0.2) is 0 Å². The number of allylic oxidation sites excluding steroid dienone is 2. The summed E-state index contributed by atoms with van der Waals surface area (Å²) in [5, 5.41) is 8.53. The smallest absolute Gasteiger partial charge is 0.228 e. The van der Waals surface area contributed by atoms with Gasteiger partial charge in [0.1, 0.15) is 0 Å². The molecule has 1 aliphatic carbocycles. The quantitative estimate of drug-likeness (QED) is 0.859.